The molecule has 2 unspecified atom stereocenters. The molecule has 100 valence electrons. The molecule has 2 fully saturated rings. The maximum Gasteiger partial charge on any atom is 0.150 e. The highest BCUT2D eigenvalue weighted by Gasteiger charge is 2.33. The third-order valence-electron chi connectivity index (χ3n) is 4.04. The predicted molar refractivity (Wildman–Crippen MR) is 68.7 cm³/mol. The van der Waals surface area contributed by atoms with Gasteiger partial charge in [-0.05, 0) is 38.9 Å². The number of hydrogen-bond donors (Lipinski definition) is 2. The number of nitrogens with zero attached hydrogens (tertiary/aromatic N) is 1. The third-order valence-corrected chi connectivity index (χ3v) is 5.72. The largest absolute Gasteiger partial charge is 0.325 e. The van der Waals surface area contributed by atoms with E-state index in [1.54, 1.807) is 0 Å². The van der Waals surface area contributed by atoms with Crippen molar-refractivity contribution < 1.29 is 8.42 Å². The molecule has 2 aliphatic heterocycles. The Morgan fingerprint density at radius 3 is 2.41 bits per heavy atom. The molecule has 3 N–H and O–H groups in total. The summed E-state index contributed by atoms with van der Waals surface area (Å²) in [5.74, 6) is 0. The normalized spacial score (nSPS) is 33.8. The Morgan fingerprint density at radius 2 is 1.88 bits per heavy atom. The molecule has 2 rings (SSSR count). The lowest BCUT2D eigenvalue weighted by atomic mass is 9.97. The standard InChI is InChI=1S/C11H23N3O2S/c1-17(15,16)9-3-6-14(7-4-9)11-2-5-13-8-10(11)12/h9-11,13H,2-8,12H2,1H3. The average Bonchev–Trinajstić information content (AvgIpc) is 2.29. The molecular formula is C11H23N3O2S. The molecular weight excluding hydrogens is 238 g/mol. The molecule has 0 aromatic heterocycles. The van der Waals surface area contributed by atoms with Crippen molar-refractivity contribution in [3.63, 3.8) is 0 Å². The van der Waals surface area contributed by atoms with Crippen LogP contribution in [0.25, 0.3) is 0 Å². The van der Waals surface area contributed by atoms with Crippen LogP contribution in [0.1, 0.15) is 19.3 Å². The number of hydrogen-bond acceptors (Lipinski definition) is 5. The zero-order valence-corrected chi connectivity index (χ0v) is 11.2. The fourth-order valence-electron chi connectivity index (χ4n) is 2.96. The number of piperidine rings is 2. The minimum Gasteiger partial charge on any atom is -0.325 e. The summed E-state index contributed by atoms with van der Waals surface area (Å²) in [5.41, 5.74) is 6.11. The van der Waals surface area contributed by atoms with Gasteiger partial charge in [0.2, 0.25) is 0 Å². The van der Waals surface area contributed by atoms with Gasteiger partial charge in [0.25, 0.3) is 0 Å². The Hall–Kier alpha value is -0.170. The molecule has 0 radical (unpaired) electrons. The highest BCUT2D eigenvalue weighted by Crippen LogP contribution is 2.21. The summed E-state index contributed by atoms with van der Waals surface area (Å²) in [4.78, 5) is 2.38. The van der Waals surface area contributed by atoms with Gasteiger partial charge in [-0.25, -0.2) is 8.42 Å². The lowest BCUT2D eigenvalue weighted by molar-refractivity contribution is 0.122. The van der Waals surface area contributed by atoms with Gasteiger partial charge in [0.1, 0.15) is 9.84 Å². The van der Waals surface area contributed by atoms with E-state index in [4.69, 9.17) is 5.73 Å². The summed E-state index contributed by atoms with van der Waals surface area (Å²) in [5, 5.41) is 3.15. The lowest BCUT2D eigenvalue weighted by Crippen LogP contribution is -2.58. The summed E-state index contributed by atoms with van der Waals surface area (Å²) in [7, 11) is -2.86. The van der Waals surface area contributed by atoms with Crippen LogP contribution in [-0.2, 0) is 9.84 Å². The van der Waals surface area contributed by atoms with Gasteiger partial charge in [0.15, 0.2) is 0 Å². The molecule has 0 aromatic carbocycles. The van der Waals surface area contributed by atoms with Gasteiger partial charge in [-0.1, -0.05) is 0 Å². The molecule has 0 spiro atoms. The zero-order valence-electron chi connectivity index (χ0n) is 10.4. The van der Waals surface area contributed by atoms with E-state index in [0.717, 1.165) is 45.4 Å². The monoisotopic (exact) mass is 261 g/mol. The first kappa shape index (κ1) is 13.3. The highest BCUT2D eigenvalue weighted by molar-refractivity contribution is 7.91. The SMILES string of the molecule is CS(=O)(=O)C1CCN(C2CCNCC2N)CC1. The summed E-state index contributed by atoms with van der Waals surface area (Å²) in [6.45, 7) is 3.63. The third kappa shape index (κ3) is 3.19. The van der Waals surface area contributed by atoms with Crippen LogP contribution >= 0.6 is 0 Å². The first-order valence-electron chi connectivity index (χ1n) is 6.37. The lowest BCUT2D eigenvalue weighted by Gasteiger charge is -2.42. The second kappa shape index (κ2) is 5.22. The minimum atomic E-state index is -2.86. The van der Waals surface area contributed by atoms with Crippen molar-refractivity contribution in [1.82, 2.24) is 10.2 Å². The Bertz CT molecular complexity index is 350. The van der Waals surface area contributed by atoms with E-state index in [9.17, 15) is 8.42 Å². The van der Waals surface area contributed by atoms with Gasteiger partial charge < -0.3 is 11.1 Å². The summed E-state index contributed by atoms with van der Waals surface area (Å²) < 4.78 is 23.0. The molecule has 6 heteroatoms. The molecule has 17 heavy (non-hydrogen) atoms. The Balaban J connectivity index is 1.90. The van der Waals surface area contributed by atoms with Crippen LogP contribution in [0.3, 0.4) is 0 Å². The Labute approximate surface area is 104 Å². The quantitative estimate of drug-likeness (QED) is 0.679. The topological polar surface area (TPSA) is 75.4 Å². The van der Waals surface area contributed by atoms with Crippen LogP contribution in [0.5, 0.6) is 0 Å². The van der Waals surface area contributed by atoms with Crippen molar-refractivity contribution in [2.24, 2.45) is 5.73 Å². The number of sulfone groups is 1. The minimum absolute atomic E-state index is 0.142. The van der Waals surface area contributed by atoms with Gasteiger partial charge in [-0.2, -0.15) is 0 Å². The first-order valence-corrected chi connectivity index (χ1v) is 8.33. The van der Waals surface area contributed by atoms with Crippen LogP contribution in [0.4, 0.5) is 0 Å². The fourth-order valence-corrected chi connectivity index (χ4v) is 4.02. The predicted octanol–water partition coefficient (Wildman–Crippen LogP) is -0.815. The average molecular weight is 261 g/mol. The molecule has 2 heterocycles. The van der Waals surface area contributed by atoms with E-state index >= 15 is 0 Å². The smallest absolute Gasteiger partial charge is 0.150 e. The molecule has 2 aliphatic rings. The summed E-state index contributed by atoms with van der Waals surface area (Å²) in [6, 6.07) is 0.607. The van der Waals surface area contributed by atoms with E-state index in [0.29, 0.717) is 6.04 Å². The number of nitrogens with two attached hydrogens (primary N) is 1. The number of nitrogens with one attached hydrogen (secondary N) is 1. The molecule has 5 nitrogen and oxygen atoms in total. The van der Waals surface area contributed by atoms with Crippen molar-refractivity contribution in [3.8, 4) is 0 Å². The van der Waals surface area contributed by atoms with Gasteiger partial charge in [0, 0.05) is 24.9 Å². The second-order valence-corrected chi connectivity index (χ2v) is 7.61. The van der Waals surface area contributed by atoms with Crippen molar-refractivity contribution in [2.75, 3.05) is 32.4 Å². The summed E-state index contributed by atoms with van der Waals surface area (Å²) >= 11 is 0. The maximum atomic E-state index is 11.5. The van der Waals surface area contributed by atoms with E-state index in [-0.39, 0.29) is 11.3 Å². The zero-order chi connectivity index (χ0) is 12.5. The highest BCUT2D eigenvalue weighted by atomic mass is 32.2. The number of rotatable bonds is 2. The molecule has 0 bridgehead atoms. The first-order chi connectivity index (χ1) is 7.98. The van der Waals surface area contributed by atoms with Crippen LogP contribution in [0.15, 0.2) is 0 Å². The van der Waals surface area contributed by atoms with E-state index < -0.39 is 9.84 Å². The second-order valence-electron chi connectivity index (χ2n) is 5.29. The molecule has 2 saturated heterocycles. The van der Waals surface area contributed by atoms with E-state index in [2.05, 4.69) is 10.2 Å². The van der Waals surface area contributed by atoms with Gasteiger partial charge in [-0.3, -0.25) is 4.90 Å². The van der Waals surface area contributed by atoms with Crippen molar-refractivity contribution >= 4 is 9.84 Å². The molecule has 0 amide bonds. The van der Waals surface area contributed by atoms with Crippen molar-refractivity contribution in [2.45, 2.75) is 36.6 Å². The maximum absolute atomic E-state index is 11.5. The number of likely N-dealkylation sites (tertiary alicyclic amines) is 1. The van der Waals surface area contributed by atoms with Crippen LogP contribution in [-0.4, -0.2) is 63.1 Å². The van der Waals surface area contributed by atoms with Crippen LogP contribution in [0, 0.1) is 0 Å². The van der Waals surface area contributed by atoms with Gasteiger partial charge in [-0.15, -0.1) is 0 Å². The van der Waals surface area contributed by atoms with Crippen LogP contribution in [0.2, 0.25) is 0 Å². The molecule has 0 saturated carbocycles. The Morgan fingerprint density at radius 1 is 1.24 bits per heavy atom. The van der Waals surface area contributed by atoms with E-state index in [1.165, 1.54) is 6.26 Å². The van der Waals surface area contributed by atoms with Gasteiger partial charge >= 0.3 is 0 Å². The fraction of sp³-hybridized carbons (Fsp3) is 1.00. The van der Waals surface area contributed by atoms with Crippen LogP contribution < -0.4 is 11.1 Å². The molecule has 0 aliphatic carbocycles. The molecule has 0 aromatic rings. The molecule has 2 atom stereocenters. The van der Waals surface area contributed by atoms with E-state index in [1.807, 2.05) is 0 Å². The van der Waals surface area contributed by atoms with Gasteiger partial charge in [0.05, 0.1) is 5.25 Å². The Kier molecular flexibility index (Phi) is 4.07. The summed E-state index contributed by atoms with van der Waals surface area (Å²) in [6.07, 6.45) is 3.94. The van der Waals surface area contributed by atoms with Crippen molar-refractivity contribution in [3.05, 3.63) is 0 Å². The van der Waals surface area contributed by atoms with Crippen molar-refractivity contribution in [1.29, 1.82) is 0 Å².